The molecule has 2 heterocycles. The van der Waals surface area contributed by atoms with Gasteiger partial charge in [-0.25, -0.2) is 0 Å². The first-order chi connectivity index (χ1) is 12.1. The smallest absolute Gasteiger partial charge is 0.303 e. The lowest BCUT2D eigenvalue weighted by atomic mass is 9.94. The molecule has 0 radical (unpaired) electrons. The predicted molar refractivity (Wildman–Crippen MR) is 98.7 cm³/mol. The van der Waals surface area contributed by atoms with E-state index in [1.165, 1.54) is 4.88 Å². The van der Waals surface area contributed by atoms with E-state index in [1.807, 2.05) is 16.3 Å². The highest BCUT2D eigenvalue weighted by molar-refractivity contribution is 7.09. The topological polar surface area (TPSA) is 77.8 Å². The summed E-state index contributed by atoms with van der Waals surface area (Å²) in [6.07, 6.45) is 7.55. The molecule has 0 aliphatic carbocycles. The molecule has 6 heteroatoms. The zero-order chi connectivity index (χ0) is 18.1. The fourth-order valence-electron chi connectivity index (χ4n) is 3.35. The number of rotatable bonds is 13. The van der Waals surface area contributed by atoms with Crippen molar-refractivity contribution >= 4 is 23.2 Å². The number of hydrogen-bond acceptors (Lipinski definition) is 4. The minimum absolute atomic E-state index is 0.231. The van der Waals surface area contributed by atoms with Gasteiger partial charge in [0.05, 0.1) is 6.10 Å². The number of nitrogens with zero attached hydrogens (tertiary/aromatic N) is 1. The third kappa shape index (κ3) is 7.16. The third-order valence-corrected chi connectivity index (χ3v) is 5.70. The molecule has 1 aliphatic heterocycles. The molecule has 0 aromatic carbocycles. The maximum absolute atomic E-state index is 11.8. The molecule has 140 valence electrons. The molecule has 2 atom stereocenters. The Balaban J connectivity index is 1.54. The van der Waals surface area contributed by atoms with Gasteiger partial charge in [-0.1, -0.05) is 18.9 Å². The van der Waals surface area contributed by atoms with Crippen molar-refractivity contribution in [2.24, 2.45) is 0 Å². The zero-order valence-electron chi connectivity index (χ0n) is 14.7. The quantitative estimate of drug-likeness (QED) is 0.413. The predicted octanol–water partition coefficient (Wildman–Crippen LogP) is 3.46. The first-order valence-electron chi connectivity index (χ1n) is 9.28. The molecule has 1 fully saturated rings. The number of aliphatic hydroxyl groups excluding tert-OH is 1. The van der Waals surface area contributed by atoms with Crippen molar-refractivity contribution in [3.05, 3.63) is 22.4 Å². The van der Waals surface area contributed by atoms with Crippen LogP contribution >= 0.6 is 11.3 Å². The summed E-state index contributed by atoms with van der Waals surface area (Å²) in [7, 11) is 0. The summed E-state index contributed by atoms with van der Waals surface area (Å²) in [6, 6.07) is 4.39. The maximum Gasteiger partial charge on any atom is 0.303 e. The molecule has 1 aliphatic rings. The lowest BCUT2D eigenvalue weighted by Crippen LogP contribution is -2.52. The summed E-state index contributed by atoms with van der Waals surface area (Å²) in [5, 5.41) is 20.7. The molecule has 0 bridgehead atoms. The van der Waals surface area contributed by atoms with Crippen molar-refractivity contribution in [1.29, 1.82) is 0 Å². The van der Waals surface area contributed by atoms with Crippen molar-refractivity contribution in [2.45, 2.75) is 76.4 Å². The molecule has 0 saturated carbocycles. The van der Waals surface area contributed by atoms with Crippen LogP contribution in [0.4, 0.5) is 0 Å². The number of thiophene rings is 1. The van der Waals surface area contributed by atoms with Gasteiger partial charge in [0, 0.05) is 36.7 Å². The number of β-lactam (4-membered cyclic amide) rings is 1. The van der Waals surface area contributed by atoms with Gasteiger partial charge in [-0.2, -0.15) is 0 Å². The van der Waals surface area contributed by atoms with Crippen molar-refractivity contribution in [1.82, 2.24) is 4.90 Å². The van der Waals surface area contributed by atoms with E-state index in [0.717, 1.165) is 57.9 Å². The van der Waals surface area contributed by atoms with Crippen molar-refractivity contribution < 1.29 is 19.8 Å². The highest BCUT2D eigenvalue weighted by Gasteiger charge is 2.34. The number of aliphatic hydroxyl groups is 1. The summed E-state index contributed by atoms with van der Waals surface area (Å²) >= 11 is 1.68. The first-order valence-corrected chi connectivity index (χ1v) is 10.2. The lowest BCUT2D eigenvalue weighted by Gasteiger charge is -2.41. The van der Waals surface area contributed by atoms with Crippen molar-refractivity contribution in [2.75, 3.05) is 6.54 Å². The van der Waals surface area contributed by atoms with Gasteiger partial charge in [0.15, 0.2) is 0 Å². The third-order valence-electron chi connectivity index (χ3n) is 4.80. The van der Waals surface area contributed by atoms with E-state index in [9.17, 15) is 14.7 Å². The molecule has 0 spiro atoms. The highest BCUT2D eigenvalue weighted by Crippen LogP contribution is 2.25. The number of carbonyl (C=O) groups is 2. The second-order valence-corrected chi connectivity index (χ2v) is 7.90. The Morgan fingerprint density at radius 3 is 2.76 bits per heavy atom. The Kier molecular flexibility index (Phi) is 8.41. The Bertz CT molecular complexity index is 532. The van der Waals surface area contributed by atoms with Crippen LogP contribution in [-0.4, -0.2) is 45.7 Å². The minimum atomic E-state index is -0.737. The molecule has 5 nitrogen and oxygen atoms in total. The van der Waals surface area contributed by atoms with E-state index >= 15 is 0 Å². The van der Waals surface area contributed by atoms with E-state index in [2.05, 4.69) is 6.07 Å². The molecular weight excluding hydrogens is 338 g/mol. The fourth-order valence-corrected chi connectivity index (χ4v) is 4.13. The van der Waals surface area contributed by atoms with E-state index in [1.54, 1.807) is 11.3 Å². The number of carbonyl (C=O) groups excluding carboxylic acids is 1. The fraction of sp³-hybridized carbons (Fsp3) is 0.684. The number of unbranched alkanes of at least 4 members (excludes halogenated alkanes) is 3. The average molecular weight is 368 g/mol. The maximum atomic E-state index is 11.8. The first kappa shape index (κ1) is 19.9. The van der Waals surface area contributed by atoms with E-state index < -0.39 is 5.97 Å². The molecule has 1 aromatic heterocycles. The van der Waals surface area contributed by atoms with Crippen LogP contribution in [-0.2, 0) is 16.0 Å². The second-order valence-electron chi connectivity index (χ2n) is 6.87. The summed E-state index contributed by atoms with van der Waals surface area (Å²) in [5.74, 6) is -0.506. The highest BCUT2D eigenvalue weighted by atomic mass is 32.1. The number of hydrogen-bond donors (Lipinski definition) is 2. The van der Waals surface area contributed by atoms with Crippen LogP contribution in [0.25, 0.3) is 0 Å². The number of amides is 1. The number of likely N-dealkylation sites (tertiary alicyclic amines) is 1. The number of carboxylic acids is 1. The van der Waals surface area contributed by atoms with Crippen molar-refractivity contribution in [3.63, 3.8) is 0 Å². The van der Waals surface area contributed by atoms with Gasteiger partial charge < -0.3 is 15.1 Å². The summed E-state index contributed by atoms with van der Waals surface area (Å²) < 4.78 is 0. The standard InChI is InChI=1S/C19H29NO4S/c21-16(14-17-9-6-12-25-17)8-5-7-15-13-18(22)20(15)11-4-2-1-3-10-19(23)24/h6,9,12,15-16,21H,1-5,7-8,10-11,13-14H2,(H,23,24)/t15-,16?/m0/s1. The summed E-state index contributed by atoms with van der Waals surface area (Å²) in [5.41, 5.74) is 0. The van der Waals surface area contributed by atoms with Gasteiger partial charge >= 0.3 is 5.97 Å². The number of aliphatic carboxylic acids is 1. The Morgan fingerprint density at radius 2 is 2.08 bits per heavy atom. The zero-order valence-corrected chi connectivity index (χ0v) is 15.5. The minimum Gasteiger partial charge on any atom is -0.481 e. The normalized spacial score (nSPS) is 18.2. The van der Waals surface area contributed by atoms with E-state index in [-0.39, 0.29) is 18.4 Å². The molecule has 2 N–H and O–H groups in total. The molecular formula is C19H29NO4S. The van der Waals surface area contributed by atoms with Gasteiger partial charge in [0.2, 0.25) is 5.91 Å². The number of carboxylic acid groups (broad SMARTS) is 1. The second kappa shape index (κ2) is 10.6. The van der Waals surface area contributed by atoms with Gasteiger partial charge in [0.25, 0.3) is 0 Å². The van der Waals surface area contributed by atoms with Gasteiger partial charge in [-0.05, 0) is 43.6 Å². The van der Waals surface area contributed by atoms with E-state index in [0.29, 0.717) is 12.5 Å². The van der Waals surface area contributed by atoms with Crippen LogP contribution in [0.3, 0.4) is 0 Å². The summed E-state index contributed by atoms with van der Waals surface area (Å²) in [6.45, 7) is 0.786. The SMILES string of the molecule is O=C(O)CCCCCCN1C(=O)C[C@@H]1CCCC(O)Cc1cccs1. The van der Waals surface area contributed by atoms with Gasteiger partial charge in [-0.3, -0.25) is 9.59 Å². The lowest BCUT2D eigenvalue weighted by molar-refractivity contribution is -0.146. The van der Waals surface area contributed by atoms with Gasteiger partial charge in [-0.15, -0.1) is 11.3 Å². The van der Waals surface area contributed by atoms with Gasteiger partial charge in [0.1, 0.15) is 0 Å². The van der Waals surface area contributed by atoms with Crippen LogP contribution in [0.5, 0.6) is 0 Å². The van der Waals surface area contributed by atoms with Crippen LogP contribution in [0, 0.1) is 0 Å². The van der Waals surface area contributed by atoms with E-state index in [4.69, 9.17) is 5.11 Å². The Labute approximate surface area is 153 Å². The van der Waals surface area contributed by atoms with Crippen LogP contribution in [0.2, 0.25) is 0 Å². The van der Waals surface area contributed by atoms with Crippen LogP contribution < -0.4 is 0 Å². The average Bonchev–Trinajstić information content (AvgIpc) is 3.05. The molecule has 1 saturated heterocycles. The Hall–Kier alpha value is -1.40. The van der Waals surface area contributed by atoms with Crippen LogP contribution in [0.1, 0.15) is 62.7 Å². The summed E-state index contributed by atoms with van der Waals surface area (Å²) in [4.78, 5) is 25.4. The largest absolute Gasteiger partial charge is 0.481 e. The molecule has 2 rings (SSSR count). The monoisotopic (exact) mass is 367 g/mol. The molecule has 1 unspecified atom stereocenters. The molecule has 25 heavy (non-hydrogen) atoms. The molecule has 1 amide bonds. The Morgan fingerprint density at radius 1 is 1.28 bits per heavy atom. The molecule has 1 aromatic rings. The van der Waals surface area contributed by atoms with Crippen LogP contribution in [0.15, 0.2) is 17.5 Å². The van der Waals surface area contributed by atoms with Crippen molar-refractivity contribution in [3.8, 4) is 0 Å².